The van der Waals surface area contributed by atoms with Crippen LogP contribution in [0.1, 0.15) is 47.0 Å². The number of carbonyl (C=O) groups is 6. The van der Waals surface area contributed by atoms with Crippen LogP contribution in [0.5, 0.6) is 0 Å². The Bertz CT molecular complexity index is 1710. The van der Waals surface area contributed by atoms with E-state index in [0.29, 0.717) is 11.3 Å². The highest BCUT2D eigenvalue weighted by atomic mass is 16.6. The fourth-order valence-electron chi connectivity index (χ4n) is 3.97. The maximum atomic E-state index is 13.1. The Morgan fingerprint density at radius 2 is 1.11 bits per heavy atom. The van der Waals surface area contributed by atoms with Crippen LogP contribution in [0, 0.1) is 6.92 Å². The number of aliphatic carboxylic acids is 1. The summed E-state index contributed by atoms with van der Waals surface area (Å²) in [6.45, 7) is 1.86. The van der Waals surface area contributed by atoms with Gasteiger partial charge in [-0.1, -0.05) is 54.1 Å². The van der Waals surface area contributed by atoms with Crippen molar-refractivity contribution in [3.63, 3.8) is 0 Å². The first-order valence-corrected chi connectivity index (χ1v) is 13.5. The molecule has 2 atom stereocenters. The lowest BCUT2D eigenvalue weighted by molar-refractivity contribution is -0.159. The molecule has 45 heavy (non-hydrogen) atoms. The van der Waals surface area contributed by atoms with Gasteiger partial charge in [-0.05, 0) is 67.6 Å². The fraction of sp³-hybridized carbons (Fsp3) is 0.0909. The van der Waals surface area contributed by atoms with Crippen molar-refractivity contribution in [3.8, 4) is 0 Å². The van der Waals surface area contributed by atoms with Crippen LogP contribution in [-0.2, 0) is 19.1 Å². The fourth-order valence-corrected chi connectivity index (χ4v) is 3.97. The molecule has 0 saturated carbocycles. The molecule has 0 unspecified atom stereocenters. The van der Waals surface area contributed by atoms with Crippen molar-refractivity contribution in [3.05, 3.63) is 137 Å². The van der Waals surface area contributed by atoms with Gasteiger partial charge in [0.25, 0.3) is 17.7 Å². The van der Waals surface area contributed by atoms with E-state index in [1.165, 1.54) is 72.8 Å². The first kappa shape index (κ1) is 31.6. The number of carboxylic acids is 1. The second-order valence-electron chi connectivity index (χ2n) is 9.57. The summed E-state index contributed by atoms with van der Waals surface area (Å²) in [5.41, 5.74) is 5.95. The van der Waals surface area contributed by atoms with Gasteiger partial charge in [-0.15, -0.1) is 0 Å². The van der Waals surface area contributed by atoms with Gasteiger partial charge in [-0.2, -0.15) is 0 Å². The largest absolute Gasteiger partial charge is 0.478 e. The van der Waals surface area contributed by atoms with E-state index in [1.807, 2.05) is 18.4 Å². The molecule has 3 amide bonds. The average molecular weight is 610 g/mol. The minimum atomic E-state index is -2.28. The number of hydrogen-bond donors (Lipinski definition) is 4. The lowest BCUT2D eigenvalue weighted by Gasteiger charge is -2.23. The van der Waals surface area contributed by atoms with Crippen LogP contribution in [0.25, 0.3) is 0 Å². The summed E-state index contributed by atoms with van der Waals surface area (Å²) in [6.07, 6.45) is -4.49. The quantitative estimate of drug-likeness (QED) is 0.155. The molecular formula is C33H27N3O9. The van der Waals surface area contributed by atoms with Crippen LogP contribution in [0.2, 0.25) is 0 Å². The SMILES string of the molecule is Cc1cccc(C(=O)Nc2ccc(C(=O)NNC(=O)[C@@H](OC(=O)c3ccccc3)[C@@H](OC(=O)c3ccccc3)C(=O)O)cc2)c1. The van der Waals surface area contributed by atoms with E-state index >= 15 is 0 Å². The van der Waals surface area contributed by atoms with Crippen molar-refractivity contribution < 1.29 is 43.3 Å². The third-order valence-corrected chi connectivity index (χ3v) is 6.25. The smallest absolute Gasteiger partial charge is 0.349 e. The number of carbonyl (C=O) groups excluding carboxylic acids is 5. The normalized spacial score (nSPS) is 11.7. The Labute approximate surface area is 256 Å². The molecule has 0 radical (unpaired) electrons. The summed E-state index contributed by atoms with van der Waals surface area (Å²) < 4.78 is 10.3. The Hall–Kier alpha value is -6.30. The zero-order valence-corrected chi connectivity index (χ0v) is 23.8. The van der Waals surface area contributed by atoms with E-state index in [9.17, 15) is 33.9 Å². The van der Waals surface area contributed by atoms with E-state index in [2.05, 4.69) is 10.7 Å². The van der Waals surface area contributed by atoms with Crippen LogP contribution in [-0.4, -0.2) is 52.9 Å². The highest BCUT2D eigenvalue weighted by Crippen LogP contribution is 2.15. The lowest BCUT2D eigenvalue weighted by Crippen LogP contribution is -2.54. The number of carboxylic acid groups (broad SMARTS) is 1. The Morgan fingerprint density at radius 1 is 0.578 bits per heavy atom. The molecule has 0 heterocycles. The second-order valence-corrected chi connectivity index (χ2v) is 9.57. The number of anilines is 1. The molecule has 0 bridgehead atoms. The molecule has 4 N–H and O–H groups in total. The van der Waals surface area contributed by atoms with Gasteiger partial charge in [0.1, 0.15) is 0 Å². The van der Waals surface area contributed by atoms with Gasteiger partial charge in [0.15, 0.2) is 0 Å². The number of hydrogen-bond acceptors (Lipinski definition) is 8. The van der Waals surface area contributed by atoms with E-state index < -0.39 is 41.9 Å². The van der Waals surface area contributed by atoms with Crippen LogP contribution in [0.4, 0.5) is 5.69 Å². The van der Waals surface area contributed by atoms with Gasteiger partial charge in [-0.25, -0.2) is 14.4 Å². The Balaban J connectivity index is 1.45. The molecule has 12 heteroatoms. The van der Waals surface area contributed by atoms with Gasteiger partial charge in [0.05, 0.1) is 11.1 Å². The third kappa shape index (κ3) is 8.61. The molecular weight excluding hydrogens is 582 g/mol. The molecule has 0 aliphatic heterocycles. The summed E-state index contributed by atoms with van der Waals surface area (Å²) in [5, 5.41) is 12.5. The number of benzene rings is 4. The molecule has 0 saturated heterocycles. The van der Waals surface area contributed by atoms with Crippen LogP contribution >= 0.6 is 0 Å². The number of aryl methyl sites for hydroxylation is 1. The summed E-state index contributed by atoms with van der Waals surface area (Å²) in [4.78, 5) is 75.9. The molecule has 0 aliphatic rings. The predicted octanol–water partition coefficient (Wildman–Crippen LogP) is 3.54. The zero-order chi connectivity index (χ0) is 32.3. The minimum Gasteiger partial charge on any atom is -0.478 e. The van der Waals surface area contributed by atoms with Crippen LogP contribution in [0.3, 0.4) is 0 Å². The zero-order valence-electron chi connectivity index (χ0n) is 23.8. The molecule has 0 spiro atoms. The van der Waals surface area contributed by atoms with Gasteiger partial charge >= 0.3 is 17.9 Å². The Kier molecular flexibility index (Phi) is 10.4. The number of rotatable bonds is 10. The van der Waals surface area contributed by atoms with Crippen molar-refractivity contribution in [2.24, 2.45) is 0 Å². The topological polar surface area (TPSA) is 177 Å². The van der Waals surface area contributed by atoms with Crippen LogP contribution in [0.15, 0.2) is 109 Å². The van der Waals surface area contributed by atoms with Crippen molar-refractivity contribution in [1.82, 2.24) is 10.9 Å². The van der Waals surface area contributed by atoms with E-state index in [1.54, 1.807) is 30.3 Å². The molecule has 12 nitrogen and oxygen atoms in total. The van der Waals surface area contributed by atoms with Gasteiger partial charge in [-0.3, -0.25) is 25.2 Å². The van der Waals surface area contributed by atoms with Gasteiger partial charge in [0.2, 0.25) is 12.2 Å². The predicted molar refractivity (Wildman–Crippen MR) is 160 cm³/mol. The van der Waals surface area contributed by atoms with E-state index in [0.717, 1.165) is 5.56 Å². The molecule has 4 rings (SSSR count). The number of nitrogens with one attached hydrogen (secondary N) is 3. The minimum absolute atomic E-state index is 0.00700. The monoisotopic (exact) mass is 609 g/mol. The molecule has 0 fully saturated rings. The second kappa shape index (κ2) is 14.7. The standard InChI is InChI=1S/C33H27N3O9/c1-20-9-8-14-24(19-20)28(37)34-25-17-15-21(16-18-25)29(38)35-36-30(39)26(44-32(42)22-10-4-2-5-11-22)27(31(40)41)45-33(43)23-12-6-3-7-13-23/h2-19,26-27H,1H3,(H,34,37)(H,35,38)(H,36,39)(H,40,41)/t26-,27+/m0/s1. The number of amides is 3. The first-order chi connectivity index (χ1) is 21.6. The highest BCUT2D eigenvalue weighted by Gasteiger charge is 2.41. The number of hydrazine groups is 1. The van der Waals surface area contributed by atoms with Crippen molar-refractivity contribution in [1.29, 1.82) is 0 Å². The van der Waals surface area contributed by atoms with E-state index in [-0.39, 0.29) is 22.6 Å². The van der Waals surface area contributed by atoms with Crippen molar-refractivity contribution >= 4 is 41.3 Å². The van der Waals surface area contributed by atoms with Crippen LogP contribution < -0.4 is 16.2 Å². The summed E-state index contributed by atoms with van der Waals surface area (Å²) in [6, 6.07) is 27.5. The number of esters is 2. The molecule has 0 aromatic heterocycles. The van der Waals surface area contributed by atoms with E-state index in [4.69, 9.17) is 9.47 Å². The Morgan fingerprint density at radius 3 is 1.64 bits per heavy atom. The lowest BCUT2D eigenvalue weighted by atomic mass is 10.1. The average Bonchev–Trinajstić information content (AvgIpc) is 3.05. The maximum Gasteiger partial charge on any atom is 0.349 e. The molecule has 0 aliphatic carbocycles. The van der Waals surface area contributed by atoms with Gasteiger partial charge < -0.3 is 19.9 Å². The maximum absolute atomic E-state index is 13.1. The summed E-state index contributed by atoms with van der Waals surface area (Å²) in [7, 11) is 0. The van der Waals surface area contributed by atoms with Crippen molar-refractivity contribution in [2.75, 3.05) is 5.32 Å². The summed E-state index contributed by atoms with van der Waals surface area (Å²) >= 11 is 0. The molecule has 4 aromatic carbocycles. The summed E-state index contributed by atoms with van der Waals surface area (Å²) in [5.74, 6) is -6.40. The first-order valence-electron chi connectivity index (χ1n) is 13.5. The van der Waals surface area contributed by atoms with Gasteiger partial charge in [0, 0.05) is 16.8 Å². The highest BCUT2D eigenvalue weighted by molar-refractivity contribution is 6.05. The third-order valence-electron chi connectivity index (χ3n) is 6.25. The molecule has 228 valence electrons. The van der Waals surface area contributed by atoms with Crippen molar-refractivity contribution in [2.45, 2.75) is 19.1 Å². The molecule has 4 aromatic rings. The number of ether oxygens (including phenoxy) is 2.